The molecule has 0 aromatic rings. The van der Waals surface area contributed by atoms with Gasteiger partial charge in [0.2, 0.25) is 5.91 Å². The predicted octanol–water partition coefficient (Wildman–Crippen LogP) is 6.77. The Bertz CT molecular complexity index is 1130. The van der Waals surface area contributed by atoms with Crippen LogP contribution in [0, 0.1) is 0 Å². The molecule has 9 N–H and O–H groups in total. The van der Waals surface area contributed by atoms with Gasteiger partial charge in [-0.25, -0.2) is 0 Å². The number of aliphatic hydroxyl groups is 8. The van der Waals surface area contributed by atoms with E-state index in [9.17, 15) is 45.6 Å². The van der Waals surface area contributed by atoms with Gasteiger partial charge in [-0.1, -0.05) is 193 Å². The topological polar surface area (TPSA) is 228 Å². The van der Waals surface area contributed by atoms with Crippen molar-refractivity contribution < 1.29 is 64.6 Å². The molecule has 0 aromatic heterocycles. The zero-order valence-corrected chi connectivity index (χ0v) is 40.0. The highest BCUT2D eigenvalue weighted by atomic mass is 16.7. The first-order chi connectivity index (χ1) is 31.1. The number of unbranched alkanes of at least 4 members (excludes halogenated alkanes) is 27. The molecule has 12 unspecified atom stereocenters. The Labute approximate surface area is 386 Å². The molecule has 14 nitrogen and oxygen atoms in total. The molecule has 378 valence electrons. The van der Waals surface area contributed by atoms with Crippen LogP contribution in [0.5, 0.6) is 0 Å². The summed E-state index contributed by atoms with van der Waals surface area (Å²) < 4.78 is 22.5. The molecule has 0 spiro atoms. The Morgan fingerprint density at radius 3 is 1.44 bits per heavy atom. The summed E-state index contributed by atoms with van der Waals surface area (Å²) in [5.74, 6) is -0.243. The zero-order valence-electron chi connectivity index (χ0n) is 40.0. The second-order valence-corrected chi connectivity index (χ2v) is 18.7. The van der Waals surface area contributed by atoms with Crippen molar-refractivity contribution in [3.8, 4) is 0 Å². The minimum atomic E-state index is -1.78. The molecule has 2 aliphatic rings. The van der Waals surface area contributed by atoms with Gasteiger partial charge in [0.25, 0.3) is 0 Å². The molecule has 12 atom stereocenters. The van der Waals surface area contributed by atoms with E-state index in [4.69, 9.17) is 18.9 Å². The fraction of sp³-hybridized carbons (Fsp3) is 0.940. The van der Waals surface area contributed by atoms with Gasteiger partial charge in [-0.15, -0.1) is 0 Å². The first-order valence-corrected chi connectivity index (χ1v) is 25.9. The van der Waals surface area contributed by atoms with E-state index in [1.807, 2.05) is 6.08 Å². The lowest BCUT2D eigenvalue weighted by Gasteiger charge is -2.46. The number of amides is 1. The van der Waals surface area contributed by atoms with Crippen molar-refractivity contribution in [2.75, 3.05) is 19.8 Å². The predicted molar refractivity (Wildman–Crippen MR) is 249 cm³/mol. The summed E-state index contributed by atoms with van der Waals surface area (Å²) in [6.45, 7) is 2.68. The van der Waals surface area contributed by atoms with Crippen molar-refractivity contribution in [2.24, 2.45) is 0 Å². The monoisotopic (exact) mass is 918 g/mol. The average Bonchev–Trinajstić information content (AvgIpc) is 3.29. The van der Waals surface area contributed by atoms with Gasteiger partial charge in [0.15, 0.2) is 12.6 Å². The summed E-state index contributed by atoms with van der Waals surface area (Å²) in [5, 5.41) is 86.2. The summed E-state index contributed by atoms with van der Waals surface area (Å²) in [4.78, 5) is 13.1. The Morgan fingerprint density at radius 2 is 0.969 bits per heavy atom. The molecule has 0 bridgehead atoms. The third-order valence-electron chi connectivity index (χ3n) is 13.0. The third kappa shape index (κ3) is 24.7. The summed E-state index contributed by atoms with van der Waals surface area (Å²) in [6.07, 6.45) is 23.4. The zero-order chi connectivity index (χ0) is 46.8. The van der Waals surface area contributed by atoms with Crippen LogP contribution in [0.15, 0.2) is 12.2 Å². The van der Waals surface area contributed by atoms with Gasteiger partial charge < -0.3 is 65.1 Å². The van der Waals surface area contributed by atoms with Crippen molar-refractivity contribution in [3.63, 3.8) is 0 Å². The minimum absolute atomic E-state index is 0.243. The lowest BCUT2D eigenvalue weighted by molar-refractivity contribution is -0.359. The number of allylic oxidation sites excluding steroid dienone is 1. The smallest absolute Gasteiger partial charge is 0.220 e. The van der Waals surface area contributed by atoms with Crippen molar-refractivity contribution >= 4 is 5.91 Å². The standard InChI is InChI=1S/C50H95NO13/c1-3-5-7-9-10-11-12-13-14-15-16-17-18-19-20-21-22-23-24-25-26-27-28-30-32-34-42(55)51-38(39(54)33-31-29-8-6-4-2)37-61-49-47(60)45(58)48(41(36-53)63-49)64-50-46(59)44(57)43(56)40(35-52)62-50/h31,33,38-41,43-50,52-54,56-60H,3-30,32,34-37H2,1-2H3,(H,51,55)/b33-31+. The van der Waals surface area contributed by atoms with Gasteiger partial charge in [0.1, 0.15) is 48.8 Å². The maximum Gasteiger partial charge on any atom is 0.220 e. The largest absolute Gasteiger partial charge is 0.394 e. The van der Waals surface area contributed by atoms with Crippen LogP contribution in [0.2, 0.25) is 0 Å². The minimum Gasteiger partial charge on any atom is -0.394 e. The number of aliphatic hydroxyl groups excluding tert-OH is 8. The summed E-state index contributed by atoms with van der Waals surface area (Å²) in [5.41, 5.74) is 0. The van der Waals surface area contributed by atoms with E-state index in [0.717, 1.165) is 44.9 Å². The molecule has 2 saturated heterocycles. The van der Waals surface area contributed by atoms with Crippen LogP contribution in [0.1, 0.15) is 206 Å². The van der Waals surface area contributed by atoms with E-state index in [2.05, 4.69) is 19.2 Å². The molecule has 0 aliphatic carbocycles. The van der Waals surface area contributed by atoms with Crippen molar-refractivity contribution in [3.05, 3.63) is 12.2 Å². The third-order valence-corrected chi connectivity index (χ3v) is 13.0. The van der Waals surface area contributed by atoms with Gasteiger partial charge in [-0.05, 0) is 19.3 Å². The molecule has 1 amide bonds. The number of carbonyl (C=O) groups is 1. The number of hydrogen-bond donors (Lipinski definition) is 9. The van der Waals surface area contributed by atoms with Crippen LogP contribution in [-0.4, -0.2) is 140 Å². The van der Waals surface area contributed by atoms with E-state index in [1.165, 1.54) is 135 Å². The number of rotatable bonds is 40. The lowest BCUT2D eigenvalue weighted by Crippen LogP contribution is -2.65. The van der Waals surface area contributed by atoms with E-state index in [0.29, 0.717) is 6.42 Å². The fourth-order valence-electron chi connectivity index (χ4n) is 8.70. The van der Waals surface area contributed by atoms with Crippen LogP contribution in [-0.2, 0) is 23.7 Å². The Kier molecular flexibility index (Phi) is 34.7. The van der Waals surface area contributed by atoms with Crippen LogP contribution in [0.25, 0.3) is 0 Å². The molecule has 0 radical (unpaired) electrons. The average molecular weight is 918 g/mol. The number of hydrogen-bond acceptors (Lipinski definition) is 13. The maximum absolute atomic E-state index is 13.1. The summed E-state index contributed by atoms with van der Waals surface area (Å²) in [6, 6.07) is -0.905. The highest BCUT2D eigenvalue weighted by Gasteiger charge is 2.51. The maximum atomic E-state index is 13.1. The SMILES string of the molecule is CCCCC/C=C/C(O)C(COC1OC(CO)C(OC2OC(CO)C(O)C(O)C2O)C(O)C1O)NC(=O)CCCCCCCCCCCCCCCCCCCCCCCCCCC. The first kappa shape index (κ1) is 58.9. The van der Waals surface area contributed by atoms with Gasteiger partial charge in [0, 0.05) is 6.42 Å². The normalized spacial score (nSPS) is 27.3. The lowest BCUT2D eigenvalue weighted by atomic mass is 9.97. The Morgan fingerprint density at radius 1 is 0.547 bits per heavy atom. The molecule has 2 fully saturated rings. The van der Waals surface area contributed by atoms with E-state index >= 15 is 0 Å². The molecule has 14 heteroatoms. The van der Waals surface area contributed by atoms with Crippen molar-refractivity contribution in [2.45, 2.75) is 280 Å². The van der Waals surface area contributed by atoms with Crippen molar-refractivity contribution in [1.82, 2.24) is 5.32 Å². The van der Waals surface area contributed by atoms with Crippen LogP contribution in [0.4, 0.5) is 0 Å². The number of nitrogens with one attached hydrogen (secondary N) is 1. The van der Waals surface area contributed by atoms with Gasteiger partial charge in [0.05, 0.1) is 32.0 Å². The Hall–Kier alpha value is -1.27. The number of carbonyl (C=O) groups excluding carboxylic acids is 1. The molecule has 0 aromatic carbocycles. The second kappa shape index (κ2) is 37.7. The van der Waals surface area contributed by atoms with Crippen molar-refractivity contribution in [1.29, 1.82) is 0 Å². The quantitative estimate of drug-likeness (QED) is 0.0229. The first-order valence-electron chi connectivity index (χ1n) is 25.9. The Balaban J connectivity index is 1.64. The molecule has 2 rings (SSSR count). The van der Waals surface area contributed by atoms with E-state index in [-0.39, 0.29) is 18.9 Å². The summed E-state index contributed by atoms with van der Waals surface area (Å²) in [7, 11) is 0. The molecule has 2 heterocycles. The summed E-state index contributed by atoms with van der Waals surface area (Å²) >= 11 is 0. The highest BCUT2D eigenvalue weighted by Crippen LogP contribution is 2.30. The molecular formula is C50H95NO13. The molecule has 2 aliphatic heterocycles. The molecule has 0 saturated carbocycles. The van der Waals surface area contributed by atoms with Crippen LogP contribution < -0.4 is 5.32 Å². The molecular weight excluding hydrogens is 823 g/mol. The van der Waals surface area contributed by atoms with Gasteiger partial charge in [-0.2, -0.15) is 0 Å². The highest BCUT2D eigenvalue weighted by molar-refractivity contribution is 5.76. The van der Waals surface area contributed by atoms with Crippen LogP contribution >= 0.6 is 0 Å². The number of ether oxygens (including phenoxy) is 4. The van der Waals surface area contributed by atoms with E-state index in [1.54, 1.807) is 6.08 Å². The molecule has 64 heavy (non-hydrogen) atoms. The van der Waals surface area contributed by atoms with Gasteiger partial charge in [-0.3, -0.25) is 4.79 Å². The van der Waals surface area contributed by atoms with E-state index < -0.39 is 86.8 Å². The van der Waals surface area contributed by atoms with Crippen LogP contribution in [0.3, 0.4) is 0 Å². The fourth-order valence-corrected chi connectivity index (χ4v) is 8.70. The second-order valence-electron chi connectivity index (χ2n) is 18.7. The van der Waals surface area contributed by atoms with Gasteiger partial charge >= 0.3 is 0 Å².